The molecule has 3 nitrogen and oxygen atoms in total. The van der Waals surface area contributed by atoms with E-state index in [9.17, 15) is 0 Å². The van der Waals surface area contributed by atoms with Crippen molar-refractivity contribution in [3.05, 3.63) is 51.5 Å². The molecule has 2 aromatic rings. The van der Waals surface area contributed by atoms with E-state index >= 15 is 0 Å². The fourth-order valence-electron chi connectivity index (χ4n) is 1.99. The number of nitrogen functional groups attached to an aromatic ring is 1. The Labute approximate surface area is 121 Å². The fraction of sp³-hybridized carbons (Fsp3) is 0.133. The van der Waals surface area contributed by atoms with Gasteiger partial charge in [0.25, 0.3) is 0 Å². The lowest BCUT2D eigenvalue weighted by Crippen LogP contribution is -1.98. The minimum Gasteiger partial charge on any atom is -0.398 e. The summed E-state index contributed by atoms with van der Waals surface area (Å²) in [7, 11) is 0. The lowest BCUT2D eigenvalue weighted by atomic mass is 10.1. The van der Waals surface area contributed by atoms with Gasteiger partial charge in [-0.25, -0.2) is 0 Å². The zero-order chi connectivity index (χ0) is 14.0. The Hall–Kier alpha value is -1.99. The van der Waals surface area contributed by atoms with Crippen LogP contribution in [0.4, 0.5) is 17.1 Å². The molecule has 0 atom stereocenters. The molecule has 0 aliphatic carbocycles. The van der Waals surface area contributed by atoms with Crippen LogP contribution in [0.3, 0.4) is 0 Å². The number of hydrogen-bond acceptors (Lipinski definition) is 3. The Morgan fingerprint density at radius 2 is 1.79 bits per heavy atom. The second kappa shape index (κ2) is 5.33. The van der Waals surface area contributed by atoms with Gasteiger partial charge in [0.2, 0.25) is 0 Å². The van der Waals surface area contributed by atoms with E-state index in [0.29, 0.717) is 11.3 Å². The van der Waals surface area contributed by atoms with Gasteiger partial charge >= 0.3 is 0 Å². The van der Waals surface area contributed by atoms with E-state index in [1.165, 1.54) is 0 Å². The average Bonchev–Trinajstić information content (AvgIpc) is 2.34. The predicted octanol–water partition coefficient (Wildman–Crippen LogP) is 4.26. The number of aryl methyl sites for hydroxylation is 2. The van der Waals surface area contributed by atoms with Gasteiger partial charge in [-0.3, -0.25) is 0 Å². The van der Waals surface area contributed by atoms with E-state index in [4.69, 9.17) is 11.0 Å². The quantitative estimate of drug-likeness (QED) is 0.814. The van der Waals surface area contributed by atoms with Gasteiger partial charge in [0.05, 0.1) is 11.3 Å². The predicted molar refractivity (Wildman–Crippen MR) is 82.5 cm³/mol. The van der Waals surface area contributed by atoms with Crippen LogP contribution in [0, 0.1) is 25.2 Å². The highest BCUT2D eigenvalue weighted by Crippen LogP contribution is 2.29. The summed E-state index contributed by atoms with van der Waals surface area (Å²) in [5.74, 6) is 0. The topological polar surface area (TPSA) is 61.8 Å². The highest BCUT2D eigenvalue weighted by molar-refractivity contribution is 9.10. The normalized spacial score (nSPS) is 10.0. The van der Waals surface area contributed by atoms with Gasteiger partial charge in [0.1, 0.15) is 6.07 Å². The van der Waals surface area contributed by atoms with Crippen LogP contribution in [0.2, 0.25) is 0 Å². The summed E-state index contributed by atoms with van der Waals surface area (Å²) in [6, 6.07) is 11.5. The molecule has 19 heavy (non-hydrogen) atoms. The van der Waals surface area contributed by atoms with Crippen LogP contribution in [-0.2, 0) is 0 Å². The molecule has 0 fully saturated rings. The number of nitriles is 1. The third-order valence-corrected chi connectivity index (χ3v) is 3.40. The van der Waals surface area contributed by atoms with Crippen molar-refractivity contribution in [1.29, 1.82) is 5.26 Å². The standard InChI is InChI=1S/C15H14BrN3/c1-9-5-12(16)6-10(2)15(9)19-13-4-3-11(8-17)14(18)7-13/h3-7,19H,18H2,1-2H3. The molecule has 0 radical (unpaired) electrons. The average molecular weight is 316 g/mol. The van der Waals surface area contributed by atoms with Gasteiger partial charge in [-0.05, 0) is 55.3 Å². The largest absolute Gasteiger partial charge is 0.398 e. The van der Waals surface area contributed by atoms with E-state index in [0.717, 1.165) is 27.0 Å². The first kappa shape index (κ1) is 13.4. The summed E-state index contributed by atoms with van der Waals surface area (Å²) < 4.78 is 1.06. The summed E-state index contributed by atoms with van der Waals surface area (Å²) in [4.78, 5) is 0. The third kappa shape index (κ3) is 2.88. The van der Waals surface area contributed by atoms with Gasteiger partial charge in [0.15, 0.2) is 0 Å². The number of nitrogens with one attached hydrogen (secondary N) is 1. The Morgan fingerprint density at radius 1 is 1.16 bits per heavy atom. The maximum Gasteiger partial charge on any atom is 0.101 e. The van der Waals surface area contributed by atoms with E-state index in [2.05, 4.69) is 39.4 Å². The number of halogens is 1. The van der Waals surface area contributed by atoms with Crippen molar-refractivity contribution in [2.24, 2.45) is 0 Å². The molecule has 0 saturated carbocycles. The molecule has 0 unspecified atom stereocenters. The van der Waals surface area contributed by atoms with Crippen molar-refractivity contribution >= 4 is 33.0 Å². The Balaban J connectivity index is 2.37. The van der Waals surface area contributed by atoms with Gasteiger partial charge in [-0.15, -0.1) is 0 Å². The summed E-state index contributed by atoms with van der Waals surface area (Å²) in [6.07, 6.45) is 0. The molecule has 0 bridgehead atoms. The molecule has 0 amide bonds. The molecule has 2 aromatic carbocycles. The monoisotopic (exact) mass is 315 g/mol. The minimum absolute atomic E-state index is 0.486. The maximum atomic E-state index is 8.86. The molecule has 2 rings (SSSR count). The lowest BCUT2D eigenvalue weighted by molar-refractivity contribution is 1.34. The van der Waals surface area contributed by atoms with Crippen LogP contribution >= 0.6 is 15.9 Å². The summed E-state index contributed by atoms with van der Waals surface area (Å²) in [6.45, 7) is 4.10. The van der Waals surface area contributed by atoms with E-state index in [1.807, 2.05) is 19.9 Å². The summed E-state index contributed by atoms with van der Waals surface area (Å²) in [5, 5.41) is 12.2. The second-order valence-corrected chi connectivity index (χ2v) is 5.37. The van der Waals surface area contributed by atoms with Crippen LogP contribution in [0.25, 0.3) is 0 Å². The highest BCUT2D eigenvalue weighted by Gasteiger charge is 2.06. The minimum atomic E-state index is 0.486. The van der Waals surface area contributed by atoms with Crippen molar-refractivity contribution in [3.63, 3.8) is 0 Å². The number of nitrogens with two attached hydrogens (primary N) is 1. The third-order valence-electron chi connectivity index (χ3n) is 2.94. The molecule has 0 aliphatic rings. The summed E-state index contributed by atoms with van der Waals surface area (Å²) >= 11 is 3.48. The Kier molecular flexibility index (Phi) is 3.77. The number of anilines is 3. The zero-order valence-corrected chi connectivity index (χ0v) is 12.4. The molecule has 0 spiro atoms. The van der Waals surface area contributed by atoms with Crippen LogP contribution in [0.1, 0.15) is 16.7 Å². The second-order valence-electron chi connectivity index (χ2n) is 4.45. The number of hydrogen-bond donors (Lipinski definition) is 2. The Morgan fingerprint density at radius 3 is 2.32 bits per heavy atom. The molecule has 0 heterocycles. The first-order chi connectivity index (χ1) is 9.01. The summed E-state index contributed by atoms with van der Waals surface area (Å²) in [5.41, 5.74) is 11.0. The first-order valence-electron chi connectivity index (χ1n) is 5.84. The zero-order valence-electron chi connectivity index (χ0n) is 10.8. The molecule has 96 valence electrons. The fourth-order valence-corrected chi connectivity index (χ4v) is 2.68. The van der Waals surface area contributed by atoms with Gasteiger partial charge in [0, 0.05) is 15.8 Å². The van der Waals surface area contributed by atoms with E-state index in [1.54, 1.807) is 12.1 Å². The number of rotatable bonds is 2. The van der Waals surface area contributed by atoms with Crippen molar-refractivity contribution in [3.8, 4) is 6.07 Å². The van der Waals surface area contributed by atoms with Crippen LogP contribution < -0.4 is 11.1 Å². The SMILES string of the molecule is Cc1cc(Br)cc(C)c1Nc1ccc(C#N)c(N)c1. The number of nitrogens with zero attached hydrogens (tertiary/aromatic N) is 1. The highest BCUT2D eigenvalue weighted by atomic mass is 79.9. The van der Waals surface area contributed by atoms with Gasteiger partial charge in [-0.1, -0.05) is 15.9 Å². The molecule has 0 aromatic heterocycles. The smallest absolute Gasteiger partial charge is 0.101 e. The van der Waals surface area contributed by atoms with Crippen LogP contribution in [-0.4, -0.2) is 0 Å². The van der Waals surface area contributed by atoms with Crippen molar-refractivity contribution in [1.82, 2.24) is 0 Å². The first-order valence-corrected chi connectivity index (χ1v) is 6.64. The van der Waals surface area contributed by atoms with Crippen LogP contribution in [0.15, 0.2) is 34.8 Å². The van der Waals surface area contributed by atoms with Crippen LogP contribution in [0.5, 0.6) is 0 Å². The molecule has 0 saturated heterocycles. The molecule has 3 N–H and O–H groups in total. The van der Waals surface area contributed by atoms with Gasteiger partial charge < -0.3 is 11.1 Å². The molecular weight excluding hydrogens is 302 g/mol. The molecular formula is C15H14BrN3. The van der Waals surface area contributed by atoms with Crippen molar-refractivity contribution < 1.29 is 0 Å². The maximum absolute atomic E-state index is 8.86. The Bertz CT molecular complexity index is 649. The van der Waals surface area contributed by atoms with Crippen molar-refractivity contribution in [2.45, 2.75) is 13.8 Å². The molecule has 4 heteroatoms. The lowest BCUT2D eigenvalue weighted by Gasteiger charge is -2.14. The van der Waals surface area contributed by atoms with E-state index in [-0.39, 0.29) is 0 Å². The molecule has 0 aliphatic heterocycles. The van der Waals surface area contributed by atoms with E-state index < -0.39 is 0 Å². The number of benzene rings is 2. The van der Waals surface area contributed by atoms with Gasteiger partial charge in [-0.2, -0.15) is 5.26 Å². The van der Waals surface area contributed by atoms with Crippen molar-refractivity contribution in [2.75, 3.05) is 11.1 Å².